The average Bonchev–Trinajstić information content (AvgIpc) is 2.81. The second-order valence-corrected chi connectivity index (χ2v) is 9.66. The van der Waals surface area contributed by atoms with Crippen molar-refractivity contribution in [2.24, 2.45) is 17.3 Å². The number of allylic oxidation sites excluding steroid dienone is 2. The Hall–Kier alpha value is -3.09. The molecule has 7 nitrogen and oxygen atoms in total. The van der Waals surface area contributed by atoms with Crippen LogP contribution in [-0.2, 0) is 14.3 Å². The van der Waals surface area contributed by atoms with Crippen LogP contribution in [0.2, 0.25) is 0 Å². The van der Waals surface area contributed by atoms with E-state index in [-0.39, 0.29) is 23.8 Å². The van der Waals surface area contributed by atoms with Crippen LogP contribution in [0.25, 0.3) is 11.0 Å². The van der Waals surface area contributed by atoms with E-state index in [4.69, 9.17) is 9.15 Å². The Morgan fingerprint density at radius 2 is 1.94 bits per heavy atom. The van der Waals surface area contributed by atoms with Crippen LogP contribution in [0.4, 0.5) is 0 Å². The number of hydrogen-bond acceptors (Lipinski definition) is 6. The zero-order chi connectivity index (χ0) is 24.9. The van der Waals surface area contributed by atoms with Gasteiger partial charge in [0.1, 0.15) is 17.9 Å². The van der Waals surface area contributed by atoms with Crippen LogP contribution in [0, 0.1) is 17.3 Å². The van der Waals surface area contributed by atoms with Gasteiger partial charge in [0, 0.05) is 29.4 Å². The molecule has 0 bridgehead atoms. The smallest absolute Gasteiger partial charge is 0.336 e. The van der Waals surface area contributed by atoms with Gasteiger partial charge in [-0.15, -0.1) is 0 Å². The third-order valence-electron chi connectivity index (χ3n) is 7.29. The highest BCUT2D eigenvalue weighted by Gasteiger charge is 2.45. The number of nitrogens with one attached hydrogen (secondary N) is 1. The van der Waals surface area contributed by atoms with E-state index < -0.39 is 11.6 Å². The molecule has 1 heterocycles. The molecule has 7 heteroatoms. The number of amides is 1. The molecule has 2 aromatic rings. The molecule has 0 saturated heterocycles. The predicted molar refractivity (Wildman–Crippen MR) is 131 cm³/mol. The van der Waals surface area contributed by atoms with Crippen LogP contribution in [-0.4, -0.2) is 32.1 Å². The highest BCUT2D eigenvalue weighted by Crippen LogP contribution is 2.51. The van der Waals surface area contributed by atoms with E-state index in [1.54, 1.807) is 12.1 Å². The van der Waals surface area contributed by atoms with E-state index in [0.29, 0.717) is 36.7 Å². The summed E-state index contributed by atoms with van der Waals surface area (Å²) in [6, 6.07) is 8.66. The fourth-order valence-electron chi connectivity index (χ4n) is 4.94. The number of methoxy groups -OCH3 is 1. The maximum atomic E-state index is 12.4. The van der Waals surface area contributed by atoms with Crippen molar-refractivity contribution in [3.63, 3.8) is 0 Å². The molecule has 1 fully saturated rings. The fraction of sp³-hybridized carbons (Fsp3) is 0.519. The van der Waals surface area contributed by atoms with Crippen molar-refractivity contribution in [3.8, 4) is 5.75 Å². The maximum absolute atomic E-state index is 12.4. The molecule has 0 unspecified atom stereocenters. The Morgan fingerprint density at radius 3 is 2.65 bits per heavy atom. The monoisotopic (exact) mass is 469 g/mol. The zero-order valence-electron chi connectivity index (χ0n) is 20.7. The summed E-state index contributed by atoms with van der Waals surface area (Å²) in [7, 11) is 1.30. The van der Waals surface area contributed by atoms with E-state index in [1.807, 2.05) is 12.1 Å². The number of ether oxygens (including phenoxy) is 2. The summed E-state index contributed by atoms with van der Waals surface area (Å²) in [6.45, 7) is 9.09. The van der Waals surface area contributed by atoms with Crippen molar-refractivity contribution >= 4 is 22.8 Å². The number of carbonyl (C=O) groups excluding carboxylic acids is 2. The van der Waals surface area contributed by atoms with Crippen LogP contribution in [0.1, 0.15) is 53.4 Å². The molecule has 0 radical (unpaired) electrons. The molecular formula is C27H35NO6. The van der Waals surface area contributed by atoms with Gasteiger partial charge in [-0.05, 0) is 63.1 Å². The molecule has 1 aliphatic rings. The Kier molecular flexibility index (Phi) is 8.18. The topological polar surface area (TPSA) is 94.8 Å². The van der Waals surface area contributed by atoms with Crippen molar-refractivity contribution in [2.45, 2.75) is 53.4 Å². The second-order valence-electron chi connectivity index (χ2n) is 9.66. The average molecular weight is 470 g/mol. The summed E-state index contributed by atoms with van der Waals surface area (Å²) < 4.78 is 16.2. The summed E-state index contributed by atoms with van der Waals surface area (Å²) in [4.78, 5) is 35.3. The lowest BCUT2D eigenvalue weighted by Crippen LogP contribution is -2.44. The highest BCUT2D eigenvalue weighted by atomic mass is 16.5. The SMILES string of the molecule is COC(=O)CNC(=O)CC[C@H]1C(=C(C)C)CC[C@H](C)[C@]1(C)COc1ccc2ccc(=O)oc2c1. The van der Waals surface area contributed by atoms with Crippen molar-refractivity contribution in [2.75, 3.05) is 20.3 Å². The zero-order valence-corrected chi connectivity index (χ0v) is 20.7. The molecule has 1 N–H and O–H groups in total. The summed E-state index contributed by atoms with van der Waals surface area (Å²) in [5, 5.41) is 3.48. The molecule has 184 valence electrons. The third kappa shape index (κ3) is 5.88. The van der Waals surface area contributed by atoms with E-state index in [0.717, 1.165) is 18.2 Å². The predicted octanol–water partition coefficient (Wildman–Crippen LogP) is 4.63. The molecule has 0 spiro atoms. The minimum atomic E-state index is -0.464. The van der Waals surface area contributed by atoms with Crippen LogP contribution >= 0.6 is 0 Å². The first kappa shape index (κ1) is 25.5. The second kappa shape index (κ2) is 10.9. The van der Waals surface area contributed by atoms with Gasteiger partial charge in [-0.25, -0.2) is 4.79 Å². The summed E-state index contributed by atoms with van der Waals surface area (Å²) in [6.07, 6.45) is 3.05. The molecule has 1 amide bonds. The van der Waals surface area contributed by atoms with Gasteiger partial charge in [0.05, 0.1) is 13.7 Å². The Morgan fingerprint density at radius 1 is 1.21 bits per heavy atom. The van der Waals surface area contributed by atoms with Gasteiger partial charge in [0.25, 0.3) is 0 Å². The molecule has 0 aliphatic heterocycles. The highest BCUT2D eigenvalue weighted by molar-refractivity contribution is 5.81. The van der Waals surface area contributed by atoms with E-state index >= 15 is 0 Å². The van der Waals surface area contributed by atoms with Crippen LogP contribution < -0.4 is 15.7 Å². The standard InChI is InChI=1S/C27H35NO6/c1-17(2)21-10-6-18(3)27(4,22(21)11-12-24(29)28-15-26(31)32-5)16-33-20-9-7-19-8-13-25(30)34-23(19)14-20/h7-9,13-14,18,22H,6,10-12,15-16H2,1-5H3,(H,28,29)/t18-,22-,27-/m0/s1. The van der Waals surface area contributed by atoms with Crippen LogP contribution in [0.3, 0.4) is 0 Å². The van der Waals surface area contributed by atoms with Gasteiger partial charge >= 0.3 is 11.6 Å². The van der Waals surface area contributed by atoms with Crippen LogP contribution in [0.5, 0.6) is 5.75 Å². The number of rotatable bonds is 8. The maximum Gasteiger partial charge on any atom is 0.336 e. The molecule has 34 heavy (non-hydrogen) atoms. The number of fused-ring (bicyclic) bond motifs is 1. The Labute approximate surface area is 200 Å². The van der Waals surface area contributed by atoms with Crippen molar-refractivity contribution in [3.05, 3.63) is 51.9 Å². The van der Waals surface area contributed by atoms with Gasteiger partial charge in [-0.3, -0.25) is 9.59 Å². The Balaban J connectivity index is 1.78. The molecule has 3 rings (SSSR count). The molecule has 1 aromatic carbocycles. The summed E-state index contributed by atoms with van der Waals surface area (Å²) in [5.74, 6) is 0.577. The minimum absolute atomic E-state index is 0.121. The number of benzene rings is 1. The minimum Gasteiger partial charge on any atom is -0.493 e. The molecule has 3 atom stereocenters. The van der Waals surface area contributed by atoms with Crippen molar-refractivity contribution < 1.29 is 23.5 Å². The molecule has 1 aliphatic carbocycles. The van der Waals surface area contributed by atoms with E-state index in [1.165, 1.54) is 24.3 Å². The lowest BCUT2D eigenvalue weighted by Gasteiger charge is -2.48. The third-order valence-corrected chi connectivity index (χ3v) is 7.29. The van der Waals surface area contributed by atoms with Gasteiger partial charge in [-0.2, -0.15) is 0 Å². The number of carbonyl (C=O) groups is 2. The van der Waals surface area contributed by atoms with E-state index in [2.05, 4.69) is 37.7 Å². The first-order valence-electron chi connectivity index (χ1n) is 11.8. The summed E-state index contributed by atoms with van der Waals surface area (Å²) in [5.41, 5.74) is 2.58. The van der Waals surface area contributed by atoms with Gasteiger partial charge in [0.15, 0.2) is 0 Å². The largest absolute Gasteiger partial charge is 0.493 e. The van der Waals surface area contributed by atoms with E-state index in [9.17, 15) is 14.4 Å². The molecule has 1 saturated carbocycles. The number of esters is 1. The molecule has 1 aromatic heterocycles. The Bertz CT molecular complexity index is 1130. The van der Waals surface area contributed by atoms with Gasteiger partial charge in [-0.1, -0.05) is 25.0 Å². The first-order chi connectivity index (χ1) is 16.1. The first-order valence-corrected chi connectivity index (χ1v) is 11.8. The lowest BCUT2D eigenvalue weighted by atomic mass is 9.58. The quantitative estimate of drug-likeness (QED) is 0.344. The molecular weight excluding hydrogens is 434 g/mol. The summed E-state index contributed by atoms with van der Waals surface area (Å²) >= 11 is 0. The van der Waals surface area contributed by atoms with Gasteiger partial charge in [0.2, 0.25) is 5.91 Å². The lowest BCUT2D eigenvalue weighted by molar-refractivity contribution is -0.141. The van der Waals surface area contributed by atoms with Crippen molar-refractivity contribution in [1.82, 2.24) is 5.32 Å². The number of hydrogen-bond donors (Lipinski definition) is 1. The van der Waals surface area contributed by atoms with Gasteiger partial charge < -0.3 is 19.2 Å². The fourth-order valence-corrected chi connectivity index (χ4v) is 4.94. The normalized spacial score (nSPS) is 22.3. The van der Waals surface area contributed by atoms with Crippen molar-refractivity contribution in [1.29, 1.82) is 0 Å². The van der Waals surface area contributed by atoms with Crippen LogP contribution in [0.15, 0.2) is 50.7 Å².